The van der Waals surface area contributed by atoms with Crippen molar-refractivity contribution in [2.24, 2.45) is 0 Å². The van der Waals surface area contributed by atoms with Crippen LogP contribution in [0.5, 0.6) is 0 Å². The highest BCUT2D eigenvalue weighted by Crippen LogP contribution is 2.36. The predicted molar refractivity (Wildman–Crippen MR) is 106 cm³/mol. The minimum Gasteiger partial charge on any atom is -0.392 e. The van der Waals surface area contributed by atoms with E-state index in [4.69, 9.17) is 4.98 Å². The maximum Gasteiger partial charge on any atom is 0.135 e. The van der Waals surface area contributed by atoms with Crippen LogP contribution in [0.1, 0.15) is 43.5 Å². The average Bonchev–Trinajstić information content (AvgIpc) is 3.10. The number of aryl methyl sites for hydroxylation is 1. The van der Waals surface area contributed by atoms with Crippen molar-refractivity contribution in [1.82, 2.24) is 14.8 Å². The third-order valence-electron chi connectivity index (χ3n) is 4.67. The molecule has 0 aliphatic rings. The van der Waals surface area contributed by atoms with Crippen molar-refractivity contribution in [2.45, 2.75) is 46.8 Å². The molecule has 0 fully saturated rings. The molecule has 0 aliphatic heterocycles. The second-order valence-electron chi connectivity index (χ2n) is 6.80. The largest absolute Gasteiger partial charge is 0.392 e. The first-order valence-electron chi connectivity index (χ1n) is 9.15. The van der Waals surface area contributed by atoms with E-state index < -0.39 is 0 Å². The minimum absolute atomic E-state index is 0.124. The topological polar surface area (TPSA) is 63.0 Å². The number of aliphatic hydroxyl groups excluding tert-OH is 1. The zero-order valence-corrected chi connectivity index (χ0v) is 16.1. The second-order valence-corrected chi connectivity index (χ2v) is 6.80. The maximum absolute atomic E-state index is 13.4. The van der Waals surface area contributed by atoms with Crippen LogP contribution in [-0.4, -0.2) is 19.9 Å². The van der Waals surface area contributed by atoms with Crippen molar-refractivity contribution >= 4 is 11.6 Å². The van der Waals surface area contributed by atoms with Crippen molar-refractivity contribution in [3.8, 4) is 11.1 Å². The fraction of sp³-hybridized carbons (Fsp3) is 0.333. The Kier molecular flexibility index (Phi) is 5.56. The van der Waals surface area contributed by atoms with Gasteiger partial charge in [-0.1, -0.05) is 26.0 Å². The molecule has 2 aromatic heterocycles. The van der Waals surface area contributed by atoms with E-state index >= 15 is 0 Å². The summed E-state index contributed by atoms with van der Waals surface area (Å²) >= 11 is 0. The monoisotopic (exact) mass is 368 g/mol. The summed E-state index contributed by atoms with van der Waals surface area (Å²) in [6, 6.07) is 8.24. The lowest BCUT2D eigenvalue weighted by Crippen LogP contribution is -2.11. The summed E-state index contributed by atoms with van der Waals surface area (Å²) in [5, 5.41) is 17.7. The molecule has 3 aromatic rings. The van der Waals surface area contributed by atoms with Crippen LogP contribution in [0.25, 0.3) is 11.1 Å². The summed E-state index contributed by atoms with van der Waals surface area (Å²) in [7, 11) is 0. The van der Waals surface area contributed by atoms with Crippen molar-refractivity contribution < 1.29 is 9.50 Å². The van der Waals surface area contributed by atoms with Crippen molar-refractivity contribution in [3.05, 3.63) is 59.2 Å². The Balaban J connectivity index is 2.21. The minimum atomic E-state index is -0.287. The predicted octanol–water partition coefficient (Wildman–Crippen LogP) is 4.77. The summed E-state index contributed by atoms with van der Waals surface area (Å²) in [6.07, 6.45) is 1.74. The van der Waals surface area contributed by atoms with Gasteiger partial charge < -0.3 is 10.4 Å². The van der Waals surface area contributed by atoms with Gasteiger partial charge in [0.1, 0.15) is 17.5 Å². The van der Waals surface area contributed by atoms with Crippen LogP contribution in [0, 0.1) is 12.7 Å². The molecule has 2 N–H and O–H groups in total. The molecular formula is C21H25FN4O. The molecule has 2 heterocycles. The summed E-state index contributed by atoms with van der Waals surface area (Å²) in [4.78, 5) is 4.81. The van der Waals surface area contributed by atoms with Gasteiger partial charge in [-0.25, -0.2) is 14.1 Å². The van der Waals surface area contributed by atoms with Gasteiger partial charge in [-0.3, -0.25) is 0 Å². The van der Waals surface area contributed by atoms with Crippen LogP contribution in [0.4, 0.5) is 16.0 Å². The second kappa shape index (κ2) is 7.88. The van der Waals surface area contributed by atoms with Gasteiger partial charge >= 0.3 is 0 Å². The molecule has 0 unspecified atom stereocenters. The van der Waals surface area contributed by atoms with Crippen LogP contribution in [-0.2, 0) is 13.2 Å². The Morgan fingerprint density at radius 3 is 2.48 bits per heavy atom. The number of pyridine rings is 1. The third-order valence-corrected chi connectivity index (χ3v) is 4.67. The van der Waals surface area contributed by atoms with Crippen molar-refractivity contribution in [1.29, 1.82) is 0 Å². The van der Waals surface area contributed by atoms with E-state index in [0.717, 1.165) is 40.3 Å². The Hall–Kier alpha value is -2.73. The maximum atomic E-state index is 13.4. The van der Waals surface area contributed by atoms with E-state index in [-0.39, 0.29) is 18.3 Å². The van der Waals surface area contributed by atoms with E-state index in [1.165, 1.54) is 12.1 Å². The molecular weight excluding hydrogens is 343 g/mol. The van der Waals surface area contributed by atoms with Gasteiger partial charge in [-0.05, 0) is 48.6 Å². The zero-order valence-electron chi connectivity index (χ0n) is 16.1. The van der Waals surface area contributed by atoms with Crippen LogP contribution < -0.4 is 5.32 Å². The normalized spacial score (nSPS) is 11.2. The number of aliphatic hydroxyl groups is 1. The van der Waals surface area contributed by atoms with Gasteiger partial charge in [0, 0.05) is 18.2 Å². The van der Waals surface area contributed by atoms with Crippen LogP contribution >= 0.6 is 0 Å². The SMILES string of the molecule is CCn1nccc1Nc1nc(C(C)C)c(CO)c(-c2ccc(F)cc2)c1C. The summed E-state index contributed by atoms with van der Waals surface area (Å²) in [5.74, 6) is 1.41. The molecule has 0 spiro atoms. The molecule has 3 rings (SSSR count). The van der Waals surface area contributed by atoms with E-state index in [0.29, 0.717) is 5.82 Å². The number of rotatable bonds is 6. The van der Waals surface area contributed by atoms with Gasteiger partial charge in [-0.2, -0.15) is 5.10 Å². The third kappa shape index (κ3) is 3.71. The number of nitrogens with one attached hydrogen (secondary N) is 1. The van der Waals surface area contributed by atoms with Gasteiger partial charge in [0.05, 0.1) is 18.5 Å². The first kappa shape index (κ1) is 19.0. The first-order chi connectivity index (χ1) is 13.0. The van der Waals surface area contributed by atoms with E-state index in [1.54, 1.807) is 18.3 Å². The number of halogens is 1. The number of hydrogen-bond donors (Lipinski definition) is 2. The lowest BCUT2D eigenvalue weighted by atomic mass is 9.91. The van der Waals surface area contributed by atoms with Gasteiger partial charge in [0.25, 0.3) is 0 Å². The lowest BCUT2D eigenvalue weighted by Gasteiger charge is -2.21. The molecule has 6 heteroatoms. The summed E-state index contributed by atoms with van der Waals surface area (Å²) < 4.78 is 15.3. The highest BCUT2D eigenvalue weighted by Gasteiger charge is 2.20. The number of benzene rings is 1. The molecule has 27 heavy (non-hydrogen) atoms. The Morgan fingerprint density at radius 2 is 1.89 bits per heavy atom. The Labute approximate surface area is 158 Å². The fourth-order valence-electron chi connectivity index (χ4n) is 3.32. The van der Waals surface area contributed by atoms with E-state index in [2.05, 4.69) is 10.4 Å². The standard InChI is InChI=1S/C21H25FN4O/c1-5-26-18(10-11-23-26)24-21-14(4)19(15-6-8-16(22)9-7-15)17(12-27)20(25-21)13(2)3/h6-11,13,27H,5,12H2,1-4H3,(H,24,25). The highest BCUT2D eigenvalue weighted by atomic mass is 19.1. The summed E-state index contributed by atoms with van der Waals surface area (Å²) in [5.41, 5.74) is 4.26. The highest BCUT2D eigenvalue weighted by molar-refractivity contribution is 5.77. The molecule has 5 nitrogen and oxygen atoms in total. The molecule has 0 saturated heterocycles. The molecule has 0 bridgehead atoms. The molecule has 1 aromatic carbocycles. The van der Waals surface area contributed by atoms with Gasteiger partial charge in [0.15, 0.2) is 0 Å². The number of anilines is 2. The number of hydrogen-bond acceptors (Lipinski definition) is 4. The lowest BCUT2D eigenvalue weighted by molar-refractivity contribution is 0.280. The zero-order chi connectivity index (χ0) is 19.6. The number of aromatic nitrogens is 3. The van der Waals surface area contributed by atoms with Crippen molar-refractivity contribution in [3.63, 3.8) is 0 Å². The van der Waals surface area contributed by atoms with Gasteiger partial charge in [-0.15, -0.1) is 0 Å². The van der Waals surface area contributed by atoms with Crippen LogP contribution in [0.15, 0.2) is 36.5 Å². The van der Waals surface area contributed by atoms with Crippen molar-refractivity contribution in [2.75, 3.05) is 5.32 Å². The molecule has 0 amide bonds. The molecule has 0 radical (unpaired) electrons. The fourth-order valence-corrected chi connectivity index (χ4v) is 3.32. The molecule has 0 atom stereocenters. The quantitative estimate of drug-likeness (QED) is 0.658. The Bertz CT molecular complexity index is 932. The smallest absolute Gasteiger partial charge is 0.135 e. The average molecular weight is 368 g/mol. The first-order valence-corrected chi connectivity index (χ1v) is 9.15. The van der Waals surface area contributed by atoms with E-state index in [9.17, 15) is 9.50 Å². The van der Waals surface area contributed by atoms with Crippen LogP contribution in [0.2, 0.25) is 0 Å². The van der Waals surface area contributed by atoms with Gasteiger partial charge in [0.2, 0.25) is 0 Å². The van der Waals surface area contributed by atoms with Crippen LogP contribution in [0.3, 0.4) is 0 Å². The Morgan fingerprint density at radius 1 is 1.19 bits per heavy atom. The molecule has 0 aliphatic carbocycles. The van der Waals surface area contributed by atoms with E-state index in [1.807, 2.05) is 38.4 Å². The molecule has 0 saturated carbocycles. The summed E-state index contributed by atoms with van der Waals surface area (Å²) in [6.45, 7) is 8.70. The molecule has 142 valence electrons. The number of nitrogens with zero attached hydrogens (tertiary/aromatic N) is 3.